The maximum Gasteiger partial charge on any atom is 0.0685 e. The molecule has 0 fully saturated rings. The molecule has 0 spiro atoms. The van der Waals surface area contributed by atoms with Crippen LogP contribution in [0, 0.1) is 13.8 Å². The number of benzene rings is 1. The predicted molar refractivity (Wildman–Crippen MR) is 80.9 cm³/mol. The average Bonchev–Trinajstić information content (AvgIpc) is 2.41. The highest BCUT2D eigenvalue weighted by atomic mass is 35.5. The summed E-state index contributed by atoms with van der Waals surface area (Å²) in [4.78, 5) is 0. The maximum atomic E-state index is 8.91. The van der Waals surface area contributed by atoms with E-state index in [9.17, 15) is 0 Å². The van der Waals surface area contributed by atoms with Gasteiger partial charge in [-0.1, -0.05) is 59.2 Å². The minimum absolute atomic E-state index is 0.0627. The van der Waals surface area contributed by atoms with E-state index in [0.717, 1.165) is 21.7 Å². The van der Waals surface area contributed by atoms with E-state index in [0.29, 0.717) is 0 Å². The lowest BCUT2D eigenvalue weighted by Crippen LogP contribution is -1.90. The van der Waals surface area contributed by atoms with E-state index in [-0.39, 0.29) is 6.61 Å². The van der Waals surface area contributed by atoms with Crippen molar-refractivity contribution in [3.8, 4) is 0 Å². The summed E-state index contributed by atoms with van der Waals surface area (Å²) in [5, 5.41) is 9.64. The van der Waals surface area contributed by atoms with Crippen molar-refractivity contribution in [2.24, 2.45) is 0 Å². The van der Waals surface area contributed by atoms with Gasteiger partial charge in [-0.05, 0) is 36.6 Å². The van der Waals surface area contributed by atoms with Gasteiger partial charge in [0.25, 0.3) is 0 Å². The molecular weight excluding hydrogens is 232 g/mol. The number of aliphatic hydroxyl groups excluding tert-OH is 1. The topological polar surface area (TPSA) is 20.2 Å². The van der Waals surface area contributed by atoms with Crippen LogP contribution in [0.25, 0.3) is 0 Å². The van der Waals surface area contributed by atoms with E-state index in [1.807, 2.05) is 67.5 Å². The molecule has 1 aromatic rings. The van der Waals surface area contributed by atoms with Crippen molar-refractivity contribution in [2.75, 3.05) is 0 Å². The summed E-state index contributed by atoms with van der Waals surface area (Å²) in [7, 11) is 0. The molecule has 0 saturated heterocycles. The summed E-state index contributed by atoms with van der Waals surface area (Å²) in [5.74, 6) is 0. The van der Waals surface area contributed by atoms with Crippen LogP contribution in [0.2, 0.25) is 5.02 Å². The Hall–Kier alpha value is -0.530. The van der Waals surface area contributed by atoms with Gasteiger partial charge in [-0.15, -0.1) is 0 Å². The quantitative estimate of drug-likeness (QED) is 0.704. The molecule has 0 bridgehead atoms. The van der Waals surface area contributed by atoms with E-state index in [1.54, 1.807) is 0 Å². The van der Waals surface area contributed by atoms with Gasteiger partial charge in [0.1, 0.15) is 0 Å². The van der Waals surface area contributed by atoms with Crippen LogP contribution in [-0.2, 0) is 6.61 Å². The molecule has 1 aromatic carbocycles. The third kappa shape index (κ3) is 9.20. The summed E-state index contributed by atoms with van der Waals surface area (Å²) in [5.41, 5.74) is 2.97. The fourth-order valence-corrected chi connectivity index (χ4v) is 1.34. The van der Waals surface area contributed by atoms with Crippen molar-refractivity contribution in [3.05, 3.63) is 33.8 Å². The molecule has 1 N–H and O–H groups in total. The number of aliphatic hydroxyl groups is 1. The minimum atomic E-state index is 0.0627. The Bertz CT molecular complexity index is 270. The van der Waals surface area contributed by atoms with Gasteiger partial charge >= 0.3 is 0 Å². The number of aryl methyl sites for hydroxylation is 1. The molecule has 0 aliphatic rings. The van der Waals surface area contributed by atoms with Crippen LogP contribution in [0.5, 0.6) is 0 Å². The zero-order valence-corrected chi connectivity index (χ0v) is 13.4. The Labute approximate surface area is 113 Å². The van der Waals surface area contributed by atoms with E-state index in [4.69, 9.17) is 16.7 Å². The molecule has 0 radical (unpaired) electrons. The second-order valence-electron chi connectivity index (χ2n) is 2.69. The number of hydrogen-bond donors (Lipinski definition) is 1. The first kappa shape index (κ1) is 21.7. The summed E-state index contributed by atoms with van der Waals surface area (Å²) in [6.45, 7) is 15.9. The van der Waals surface area contributed by atoms with Gasteiger partial charge in [0.2, 0.25) is 0 Å². The molecule has 0 saturated carbocycles. The van der Waals surface area contributed by atoms with Gasteiger partial charge in [-0.25, -0.2) is 0 Å². The molecule has 0 atom stereocenters. The second kappa shape index (κ2) is 15.5. The Morgan fingerprint density at radius 2 is 1.35 bits per heavy atom. The van der Waals surface area contributed by atoms with Gasteiger partial charge < -0.3 is 5.11 Å². The highest BCUT2D eigenvalue weighted by Gasteiger charge is 2.01. The molecule has 0 aliphatic carbocycles. The van der Waals surface area contributed by atoms with Crippen molar-refractivity contribution < 1.29 is 5.11 Å². The Balaban J connectivity index is -0.000000285. The molecule has 1 rings (SSSR count). The normalized spacial score (nSPS) is 7.65. The van der Waals surface area contributed by atoms with Crippen molar-refractivity contribution in [1.82, 2.24) is 0 Å². The molecule has 0 aliphatic heterocycles. The van der Waals surface area contributed by atoms with Gasteiger partial charge in [-0.2, -0.15) is 0 Å². The van der Waals surface area contributed by atoms with E-state index in [2.05, 4.69) is 0 Å². The SMILES string of the molecule is CC.CC.CC.Cc1cc(Cl)c(C)c(CO)c1. The smallest absolute Gasteiger partial charge is 0.0685 e. The molecule has 0 aromatic heterocycles. The van der Waals surface area contributed by atoms with Gasteiger partial charge in [-0.3, -0.25) is 0 Å². The van der Waals surface area contributed by atoms with Crippen molar-refractivity contribution in [1.29, 1.82) is 0 Å². The van der Waals surface area contributed by atoms with Gasteiger partial charge in [0.15, 0.2) is 0 Å². The Morgan fingerprint density at radius 1 is 0.941 bits per heavy atom. The van der Waals surface area contributed by atoms with Crippen molar-refractivity contribution in [3.63, 3.8) is 0 Å². The zero-order valence-electron chi connectivity index (χ0n) is 12.7. The maximum absolute atomic E-state index is 8.91. The number of rotatable bonds is 1. The highest BCUT2D eigenvalue weighted by Crippen LogP contribution is 2.20. The standard InChI is InChI=1S/C9H11ClO.3C2H6/c1-6-3-8(5-11)7(2)9(10)4-6;3*1-2/h3-4,11H,5H2,1-2H3;3*1-2H3. The third-order valence-electron chi connectivity index (χ3n) is 1.77. The lowest BCUT2D eigenvalue weighted by atomic mass is 10.1. The van der Waals surface area contributed by atoms with Crippen LogP contribution in [0.4, 0.5) is 0 Å². The molecular formula is C15H29ClO. The first-order chi connectivity index (χ1) is 8.15. The first-order valence-corrected chi connectivity index (χ1v) is 6.89. The van der Waals surface area contributed by atoms with Gasteiger partial charge in [0, 0.05) is 5.02 Å². The van der Waals surface area contributed by atoms with E-state index < -0.39 is 0 Å². The monoisotopic (exact) mass is 260 g/mol. The van der Waals surface area contributed by atoms with Gasteiger partial charge in [0.05, 0.1) is 6.61 Å². The Morgan fingerprint density at radius 3 is 1.71 bits per heavy atom. The molecule has 1 nitrogen and oxygen atoms in total. The fourth-order valence-electron chi connectivity index (χ4n) is 1.05. The fraction of sp³-hybridized carbons (Fsp3) is 0.600. The van der Waals surface area contributed by atoms with E-state index >= 15 is 0 Å². The summed E-state index contributed by atoms with van der Waals surface area (Å²) in [6.07, 6.45) is 0. The average molecular weight is 261 g/mol. The Kier molecular flexibility index (Phi) is 19.8. The van der Waals surface area contributed by atoms with Crippen LogP contribution in [-0.4, -0.2) is 5.11 Å². The minimum Gasteiger partial charge on any atom is -0.392 e. The molecule has 17 heavy (non-hydrogen) atoms. The first-order valence-electron chi connectivity index (χ1n) is 6.51. The van der Waals surface area contributed by atoms with Crippen LogP contribution < -0.4 is 0 Å². The van der Waals surface area contributed by atoms with Crippen molar-refractivity contribution in [2.45, 2.75) is 62.0 Å². The predicted octanol–water partition coefficient (Wildman–Crippen LogP) is 5.53. The third-order valence-corrected chi connectivity index (χ3v) is 2.16. The zero-order chi connectivity index (χ0) is 14.4. The molecule has 0 amide bonds. The molecule has 0 heterocycles. The molecule has 0 unspecified atom stereocenters. The number of hydrogen-bond acceptors (Lipinski definition) is 1. The molecule has 2 heteroatoms. The molecule has 102 valence electrons. The van der Waals surface area contributed by atoms with Crippen LogP contribution in [0.15, 0.2) is 12.1 Å². The van der Waals surface area contributed by atoms with Crippen LogP contribution >= 0.6 is 11.6 Å². The summed E-state index contributed by atoms with van der Waals surface area (Å²) < 4.78 is 0. The summed E-state index contributed by atoms with van der Waals surface area (Å²) in [6, 6.07) is 3.84. The summed E-state index contributed by atoms with van der Waals surface area (Å²) >= 11 is 5.89. The second-order valence-corrected chi connectivity index (χ2v) is 3.10. The van der Waals surface area contributed by atoms with Crippen LogP contribution in [0.1, 0.15) is 58.2 Å². The lowest BCUT2D eigenvalue weighted by molar-refractivity contribution is 0.281. The lowest BCUT2D eigenvalue weighted by Gasteiger charge is -2.05. The largest absolute Gasteiger partial charge is 0.392 e. The number of halogens is 1. The van der Waals surface area contributed by atoms with E-state index in [1.165, 1.54) is 0 Å². The van der Waals surface area contributed by atoms with Crippen LogP contribution in [0.3, 0.4) is 0 Å². The van der Waals surface area contributed by atoms with Crippen molar-refractivity contribution >= 4 is 11.6 Å². The highest BCUT2D eigenvalue weighted by molar-refractivity contribution is 6.31.